The van der Waals surface area contributed by atoms with Crippen molar-refractivity contribution in [3.05, 3.63) is 41.7 Å². The fourth-order valence-electron chi connectivity index (χ4n) is 1.03. The Labute approximate surface area is 92.3 Å². The number of hydrogen-bond donors (Lipinski definition) is 0. The van der Waals surface area contributed by atoms with Crippen LogP contribution in [0.15, 0.2) is 35.5 Å². The number of aliphatic imine (C=N–C) groups is 1. The maximum atomic E-state index is 4.88. The molecule has 0 radical (unpaired) electrons. The van der Waals surface area contributed by atoms with Crippen LogP contribution in [0.2, 0.25) is 0 Å². The first-order valence-electron chi connectivity index (χ1n) is 5.04. The smallest absolute Gasteiger partial charge is 0.109 e. The van der Waals surface area contributed by atoms with Crippen LogP contribution in [0.5, 0.6) is 0 Å². The Morgan fingerprint density at radius 2 is 1.80 bits per heavy atom. The number of aryl methyl sites for hydroxylation is 1. The predicted molar refractivity (Wildman–Crippen MR) is 67.1 cm³/mol. The minimum absolute atomic E-state index is 0.752. The molecule has 0 bridgehead atoms. The van der Waals surface area contributed by atoms with Crippen LogP contribution in [-0.2, 0) is 4.74 Å². The van der Waals surface area contributed by atoms with Crippen LogP contribution < -0.4 is 0 Å². The molecule has 2 heteroatoms. The minimum Gasteiger partial charge on any atom is -0.502 e. The highest BCUT2D eigenvalue weighted by atomic mass is 16.5. The summed E-state index contributed by atoms with van der Waals surface area (Å²) in [6.45, 7) is 9.53. The van der Waals surface area contributed by atoms with Gasteiger partial charge in [-0.05, 0) is 13.6 Å². The molecule has 0 saturated heterocycles. The second kappa shape index (κ2) is 7.80. The Balaban J connectivity index is 0.000000921. The van der Waals surface area contributed by atoms with Gasteiger partial charge in [0.2, 0.25) is 0 Å². The molecule has 0 N–H and O–H groups in total. The monoisotopic (exact) mass is 205 g/mol. The summed E-state index contributed by atoms with van der Waals surface area (Å²) >= 11 is 0. The van der Waals surface area contributed by atoms with Crippen LogP contribution in [0.3, 0.4) is 0 Å². The van der Waals surface area contributed by atoms with Crippen molar-refractivity contribution in [2.45, 2.75) is 20.8 Å². The van der Waals surface area contributed by atoms with Crippen molar-refractivity contribution in [3.8, 4) is 0 Å². The maximum absolute atomic E-state index is 4.88. The Bertz CT molecular complexity index is 312. The molecule has 82 valence electrons. The predicted octanol–water partition coefficient (Wildman–Crippen LogP) is 3.67. The first-order valence-corrected chi connectivity index (χ1v) is 5.04. The molecule has 0 saturated carbocycles. The van der Waals surface area contributed by atoms with E-state index in [4.69, 9.17) is 4.74 Å². The minimum atomic E-state index is 0.752. The standard InChI is InChI=1S/C11H13NO.C2H6/c1-9-4-6-10(7-5-9)11(12-2)8-13-3;1-2/h4-8H,2H2,1,3H3;1-2H3/b11-8-;. The molecule has 1 aromatic rings. The molecule has 0 heterocycles. The lowest BCUT2D eigenvalue weighted by Crippen LogP contribution is -1.82. The number of ether oxygens (including phenoxy) is 1. The van der Waals surface area contributed by atoms with Crippen LogP contribution in [-0.4, -0.2) is 13.8 Å². The molecule has 1 aromatic carbocycles. The molecule has 0 spiro atoms. The van der Waals surface area contributed by atoms with Crippen molar-refractivity contribution < 1.29 is 4.74 Å². The van der Waals surface area contributed by atoms with Crippen LogP contribution in [0.4, 0.5) is 0 Å². The highest BCUT2D eigenvalue weighted by Gasteiger charge is 1.97. The van der Waals surface area contributed by atoms with Gasteiger partial charge in [0.25, 0.3) is 0 Å². The van der Waals surface area contributed by atoms with E-state index in [1.165, 1.54) is 5.56 Å². The summed E-state index contributed by atoms with van der Waals surface area (Å²) in [5.74, 6) is 0. The molecule has 0 aliphatic heterocycles. The van der Waals surface area contributed by atoms with Crippen molar-refractivity contribution in [2.75, 3.05) is 7.11 Å². The van der Waals surface area contributed by atoms with Gasteiger partial charge in [0.05, 0.1) is 7.11 Å². The summed E-state index contributed by atoms with van der Waals surface area (Å²) in [4.78, 5) is 3.86. The van der Waals surface area contributed by atoms with E-state index >= 15 is 0 Å². The number of hydrogen-bond acceptors (Lipinski definition) is 2. The summed E-state index contributed by atoms with van der Waals surface area (Å²) in [5, 5.41) is 0. The highest BCUT2D eigenvalue weighted by Crippen LogP contribution is 2.15. The third-order valence-corrected chi connectivity index (χ3v) is 1.75. The lowest BCUT2D eigenvalue weighted by atomic mass is 10.1. The maximum Gasteiger partial charge on any atom is 0.109 e. The van der Waals surface area contributed by atoms with Gasteiger partial charge in [-0.1, -0.05) is 43.7 Å². The number of benzene rings is 1. The second-order valence-corrected chi connectivity index (χ2v) is 2.76. The molecule has 0 fully saturated rings. The lowest BCUT2D eigenvalue weighted by molar-refractivity contribution is 0.339. The molecule has 15 heavy (non-hydrogen) atoms. The van der Waals surface area contributed by atoms with E-state index in [1.807, 2.05) is 45.0 Å². The van der Waals surface area contributed by atoms with E-state index in [9.17, 15) is 0 Å². The van der Waals surface area contributed by atoms with Gasteiger partial charge in [0.15, 0.2) is 0 Å². The Hall–Kier alpha value is -1.57. The molecule has 0 aromatic heterocycles. The van der Waals surface area contributed by atoms with Crippen molar-refractivity contribution >= 4 is 12.4 Å². The summed E-state index contributed by atoms with van der Waals surface area (Å²) < 4.78 is 4.88. The molecule has 0 unspecified atom stereocenters. The number of nitrogens with zero attached hydrogens (tertiary/aromatic N) is 1. The zero-order valence-corrected chi connectivity index (χ0v) is 9.95. The van der Waals surface area contributed by atoms with Gasteiger partial charge >= 0.3 is 0 Å². The molecule has 0 aliphatic rings. The van der Waals surface area contributed by atoms with Crippen LogP contribution in [0, 0.1) is 6.92 Å². The highest BCUT2D eigenvalue weighted by molar-refractivity contribution is 5.67. The third kappa shape index (κ3) is 4.45. The summed E-state index contributed by atoms with van der Waals surface area (Å²) in [6.07, 6.45) is 1.58. The van der Waals surface area contributed by atoms with E-state index in [2.05, 4.69) is 11.7 Å². The van der Waals surface area contributed by atoms with Crippen LogP contribution in [0.1, 0.15) is 25.0 Å². The third-order valence-electron chi connectivity index (χ3n) is 1.75. The van der Waals surface area contributed by atoms with Crippen molar-refractivity contribution in [2.24, 2.45) is 4.99 Å². The van der Waals surface area contributed by atoms with Gasteiger partial charge in [-0.2, -0.15) is 0 Å². The number of rotatable bonds is 3. The Morgan fingerprint density at radius 1 is 1.27 bits per heavy atom. The van der Waals surface area contributed by atoms with Gasteiger partial charge in [-0.25, -0.2) is 0 Å². The SMILES string of the molecule is C=N/C(=C\OC)c1ccc(C)cc1.CC. The zero-order chi connectivity index (χ0) is 11.7. The fraction of sp³-hybridized carbons (Fsp3) is 0.308. The van der Waals surface area contributed by atoms with E-state index < -0.39 is 0 Å². The first-order chi connectivity index (χ1) is 7.27. The summed E-state index contributed by atoms with van der Waals surface area (Å²) in [6, 6.07) is 8.05. The van der Waals surface area contributed by atoms with Crippen LogP contribution >= 0.6 is 0 Å². The average Bonchev–Trinajstić information content (AvgIpc) is 2.30. The molecule has 0 amide bonds. The second-order valence-electron chi connectivity index (χ2n) is 2.76. The van der Waals surface area contributed by atoms with E-state index in [0.29, 0.717) is 0 Å². The summed E-state index contributed by atoms with van der Waals surface area (Å²) in [5.41, 5.74) is 2.99. The fourth-order valence-corrected chi connectivity index (χ4v) is 1.03. The Morgan fingerprint density at radius 3 is 2.20 bits per heavy atom. The van der Waals surface area contributed by atoms with Crippen molar-refractivity contribution in [1.29, 1.82) is 0 Å². The molecule has 0 atom stereocenters. The molecule has 2 nitrogen and oxygen atoms in total. The van der Waals surface area contributed by atoms with E-state index in [-0.39, 0.29) is 0 Å². The number of methoxy groups -OCH3 is 1. The van der Waals surface area contributed by atoms with E-state index in [0.717, 1.165) is 11.3 Å². The normalized spacial score (nSPS) is 10.0. The summed E-state index contributed by atoms with van der Waals surface area (Å²) in [7, 11) is 1.60. The van der Waals surface area contributed by atoms with Crippen molar-refractivity contribution in [3.63, 3.8) is 0 Å². The molecule has 1 rings (SSSR count). The quantitative estimate of drug-likeness (QED) is 0.545. The first kappa shape index (κ1) is 13.4. The molecular weight excluding hydrogens is 186 g/mol. The van der Waals surface area contributed by atoms with Gasteiger partial charge in [-0.15, -0.1) is 0 Å². The van der Waals surface area contributed by atoms with Crippen molar-refractivity contribution in [1.82, 2.24) is 0 Å². The zero-order valence-electron chi connectivity index (χ0n) is 9.95. The largest absolute Gasteiger partial charge is 0.502 e. The Kier molecular flexibility index (Phi) is 6.98. The van der Waals surface area contributed by atoms with Gasteiger partial charge in [0.1, 0.15) is 12.0 Å². The van der Waals surface area contributed by atoms with Crippen LogP contribution in [0.25, 0.3) is 5.70 Å². The average molecular weight is 205 g/mol. The van der Waals surface area contributed by atoms with Gasteiger partial charge < -0.3 is 4.74 Å². The molecular formula is C13H19NO. The topological polar surface area (TPSA) is 21.6 Å². The van der Waals surface area contributed by atoms with Gasteiger partial charge in [0, 0.05) is 5.56 Å². The lowest BCUT2D eigenvalue weighted by Gasteiger charge is -2.01. The van der Waals surface area contributed by atoms with E-state index in [1.54, 1.807) is 13.4 Å². The molecule has 0 aliphatic carbocycles. The van der Waals surface area contributed by atoms with Gasteiger partial charge in [-0.3, -0.25) is 4.99 Å².